The van der Waals surface area contributed by atoms with Gasteiger partial charge in [0.1, 0.15) is 5.82 Å². The first-order valence-corrected chi connectivity index (χ1v) is 10.0. The van der Waals surface area contributed by atoms with Gasteiger partial charge in [0, 0.05) is 29.2 Å². The molecule has 0 radical (unpaired) electrons. The summed E-state index contributed by atoms with van der Waals surface area (Å²) in [6.07, 6.45) is 6.28. The second kappa shape index (κ2) is 8.15. The highest BCUT2D eigenvalue weighted by molar-refractivity contribution is 6.31. The lowest BCUT2D eigenvalue weighted by Gasteiger charge is -2.33. The van der Waals surface area contributed by atoms with Crippen molar-refractivity contribution in [2.24, 2.45) is 0 Å². The summed E-state index contributed by atoms with van der Waals surface area (Å²) in [7, 11) is 0. The zero-order valence-corrected chi connectivity index (χ0v) is 16.2. The van der Waals surface area contributed by atoms with Crippen molar-refractivity contribution in [1.29, 1.82) is 0 Å². The number of nitrogens with one attached hydrogen (secondary N) is 2. The quantitative estimate of drug-likeness (QED) is 0.774. The number of benzene rings is 2. The molecule has 1 atom stereocenters. The van der Waals surface area contributed by atoms with Crippen LogP contribution in [0.2, 0.25) is 0 Å². The minimum absolute atomic E-state index is 0.178. The largest absolute Gasteiger partial charge is 0.344 e. The molecule has 5 heteroatoms. The van der Waals surface area contributed by atoms with Crippen molar-refractivity contribution in [2.75, 3.05) is 23.3 Å². The number of fused-ring (bicyclic) bond motifs is 1. The Kier molecular flexibility index (Phi) is 5.44. The molecule has 2 aliphatic rings. The van der Waals surface area contributed by atoms with E-state index in [1.54, 1.807) is 6.07 Å². The molecule has 2 aliphatic heterocycles. The summed E-state index contributed by atoms with van der Waals surface area (Å²) in [6.45, 7) is 4.09. The predicted molar refractivity (Wildman–Crippen MR) is 112 cm³/mol. The Balaban J connectivity index is 1.76. The van der Waals surface area contributed by atoms with Gasteiger partial charge in [-0.2, -0.15) is 0 Å². The van der Waals surface area contributed by atoms with Gasteiger partial charge in [0.15, 0.2) is 0 Å². The summed E-state index contributed by atoms with van der Waals surface area (Å²) >= 11 is 0. The normalized spacial score (nSPS) is 21.0. The van der Waals surface area contributed by atoms with Crippen molar-refractivity contribution >= 4 is 22.9 Å². The van der Waals surface area contributed by atoms with E-state index in [4.69, 9.17) is 0 Å². The van der Waals surface area contributed by atoms with E-state index in [1.807, 2.05) is 12.3 Å². The van der Waals surface area contributed by atoms with E-state index in [0.717, 1.165) is 44.5 Å². The van der Waals surface area contributed by atoms with Crippen LogP contribution in [-0.2, 0) is 4.79 Å². The van der Waals surface area contributed by atoms with Crippen molar-refractivity contribution in [1.82, 2.24) is 5.32 Å². The van der Waals surface area contributed by atoms with E-state index in [1.165, 1.54) is 17.7 Å². The predicted octanol–water partition coefficient (Wildman–Crippen LogP) is 4.47. The maximum atomic E-state index is 13.8. The molecule has 0 saturated carbocycles. The fourth-order valence-corrected chi connectivity index (χ4v) is 4.05. The van der Waals surface area contributed by atoms with Crippen molar-refractivity contribution in [3.05, 3.63) is 65.6 Å². The van der Waals surface area contributed by atoms with E-state index in [0.29, 0.717) is 16.8 Å². The van der Waals surface area contributed by atoms with Gasteiger partial charge >= 0.3 is 0 Å². The maximum Gasteiger partial charge on any atom is 0.257 e. The average Bonchev–Trinajstić information content (AvgIpc) is 2.95. The number of carbonyl (C=O) groups is 1. The Hall–Kier alpha value is -2.66. The second-order valence-electron chi connectivity index (χ2n) is 7.62. The number of amides is 1. The Bertz CT molecular complexity index is 900. The van der Waals surface area contributed by atoms with Crippen LogP contribution in [0.25, 0.3) is 5.57 Å². The standard InChI is InChI=1S/C23H26FN3O/c1-16-5-4-7-19(13-16)27(18-6-2-3-11-25-12-10-18)15-21-20-14-17(24)8-9-22(20)26-23(21)28/h4-5,7-9,13-15,18,25H,2-3,6,10-12H2,1H3,(H,26,28)/b21-15-. The Morgan fingerprint density at radius 2 is 2.00 bits per heavy atom. The molecule has 28 heavy (non-hydrogen) atoms. The highest BCUT2D eigenvalue weighted by Crippen LogP contribution is 2.34. The lowest BCUT2D eigenvalue weighted by molar-refractivity contribution is -0.110. The van der Waals surface area contributed by atoms with Crippen LogP contribution in [0.4, 0.5) is 15.8 Å². The third-order valence-corrected chi connectivity index (χ3v) is 5.52. The molecule has 1 unspecified atom stereocenters. The molecule has 1 saturated heterocycles. The van der Waals surface area contributed by atoms with Gasteiger partial charge in [-0.15, -0.1) is 0 Å². The van der Waals surface area contributed by atoms with Gasteiger partial charge in [-0.25, -0.2) is 4.39 Å². The number of halogens is 1. The maximum absolute atomic E-state index is 13.8. The molecule has 1 amide bonds. The molecular formula is C23H26FN3O. The highest BCUT2D eigenvalue weighted by Gasteiger charge is 2.27. The van der Waals surface area contributed by atoms with Crippen LogP contribution in [0.15, 0.2) is 48.7 Å². The van der Waals surface area contributed by atoms with Crippen LogP contribution < -0.4 is 15.5 Å². The van der Waals surface area contributed by atoms with Crippen LogP contribution in [0.5, 0.6) is 0 Å². The first kappa shape index (κ1) is 18.7. The average molecular weight is 379 g/mol. The number of rotatable bonds is 3. The van der Waals surface area contributed by atoms with E-state index >= 15 is 0 Å². The molecule has 0 aliphatic carbocycles. The molecule has 0 aromatic heterocycles. The molecule has 4 rings (SSSR count). The third-order valence-electron chi connectivity index (χ3n) is 5.52. The monoisotopic (exact) mass is 379 g/mol. The van der Waals surface area contributed by atoms with Crippen LogP contribution in [0, 0.1) is 12.7 Å². The van der Waals surface area contributed by atoms with Crippen LogP contribution in [0.1, 0.15) is 36.8 Å². The molecule has 1 fully saturated rings. The number of hydrogen-bond acceptors (Lipinski definition) is 3. The molecule has 146 valence electrons. The molecule has 2 aromatic rings. The molecule has 2 heterocycles. The Morgan fingerprint density at radius 1 is 1.11 bits per heavy atom. The van der Waals surface area contributed by atoms with Crippen LogP contribution in [0.3, 0.4) is 0 Å². The van der Waals surface area contributed by atoms with Crippen LogP contribution >= 0.6 is 0 Å². The van der Waals surface area contributed by atoms with Crippen molar-refractivity contribution in [3.63, 3.8) is 0 Å². The number of carbonyl (C=O) groups excluding carboxylic acids is 1. The number of aryl methyl sites for hydroxylation is 1. The fraction of sp³-hybridized carbons (Fsp3) is 0.348. The molecular weight excluding hydrogens is 353 g/mol. The summed E-state index contributed by atoms with van der Waals surface area (Å²) in [5.74, 6) is -0.513. The number of anilines is 2. The lowest BCUT2D eigenvalue weighted by Crippen LogP contribution is -2.36. The summed E-state index contributed by atoms with van der Waals surface area (Å²) in [6, 6.07) is 13.1. The molecule has 0 bridgehead atoms. The minimum Gasteiger partial charge on any atom is -0.344 e. The topological polar surface area (TPSA) is 44.4 Å². The lowest BCUT2D eigenvalue weighted by atomic mass is 10.0. The summed E-state index contributed by atoms with van der Waals surface area (Å²) in [5, 5.41) is 6.34. The van der Waals surface area contributed by atoms with Crippen LogP contribution in [-0.4, -0.2) is 25.0 Å². The van der Waals surface area contributed by atoms with E-state index < -0.39 is 0 Å². The zero-order valence-electron chi connectivity index (χ0n) is 16.2. The van der Waals surface area contributed by atoms with Crippen molar-refractivity contribution < 1.29 is 9.18 Å². The Morgan fingerprint density at radius 3 is 2.86 bits per heavy atom. The molecule has 0 spiro atoms. The van der Waals surface area contributed by atoms with Gasteiger partial charge in [0.2, 0.25) is 0 Å². The van der Waals surface area contributed by atoms with Gasteiger partial charge in [0.25, 0.3) is 5.91 Å². The fourth-order valence-electron chi connectivity index (χ4n) is 4.05. The number of nitrogens with zero attached hydrogens (tertiary/aromatic N) is 1. The van der Waals surface area contributed by atoms with Gasteiger partial charge in [-0.1, -0.05) is 18.6 Å². The van der Waals surface area contributed by atoms with E-state index in [-0.39, 0.29) is 17.8 Å². The summed E-state index contributed by atoms with van der Waals surface area (Å²) in [5.41, 5.74) is 4.06. The SMILES string of the molecule is Cc1cccc(N(/C=C2\C(=O)Nc3ccc(F)cc32)C2CCCCNCC2)c1. The first-order valence-electron chi connectivity index (χ1n) is 10.0. The van der Waals surface area contributed by atoms with Gasteiger partial charge in [-0.05, 0) is 75.2 Å². The second-order valence-corrected chi connectivity index (χ2v) is 7.62. The summed E-state index contributed by atoms with van der Waals surface area (Å²) < 4.78 is 13.8. The first-order chi connectivity index (χ1) is 13.6. The molecule has 2 N–H and O–H groups in total. The third kappa shape index (κ3) is 3.94. The van der Waals surface area contributed by atoms with Gasteiger partial charge in [0.05, 0.1) is 5.57 Å². The van der Waals surface area contributed by atoms with E-state index in [2.05, 4.69) is 40.7 Å². The minimum atomic E-state index is -0.335. The Labute approximate surface area is 165 Å². The van der Waals surface area contributed by atoms with E-state index in [9.17, 15) is 9.18 Å². The smallest absolute Gasteiger partial charge is 0.257 e. The van der Waals surface area contributed by atoms with Gasteiger partial charge < -0.3 is 15.5 Å². The van der Waals surface area contributed by atoms with Crippen molar-refractivity contribution in [3.8, 4) is 0 Å². The van der Waals surface area contributed by atoms with Gasteiger partial charge in [-0.3, -0.25) is 4.79 Å². The zero-order chi connectivity index (χ0) is 19.5. The molecule has 4 nitrogen and oxygen atoms in total. The highest BCUT2D eigenvalue weighted by atomic mass is 19.1. The summed E-state index contributed by atoms with van der Waals surface area (Å²) in [4.78, 5) is 14.9. The van der Waals surface area contributed by atoms with Crippen molar-refractivity contribution in [2.45, 2.75) is 38.6 Å². The molecule has 2 aromatic carbocycles. The number of hydrogen-bond donors (Lipinski definition) is 2.